The molecule has 1 aromatic rings. The summed E-state index contributed by atoms with van der Waals surface area (Å²) in [5, 5.41) is 7.40. The van der Waals surface area contributed by atoms with Gasteiger partial charge in [-0.25, -0.2) is 10.2 Å². The van der Waals surface area contributed by atoms with Gasteiger partial charge in [-0.15, -0.1) is 0 Å². The van der Waals surface area contributed by atoms with Crippen molar-refractivity contribution in [3.63, 3.8) is 0 Å². The minimum absolute atomic E-state index is 0.468. The quantitative estimate of drug-likeness (QED) is 0.403. The van der Waals surface area contributed by atoms with E-state index in [1.165, 1.54) is 17.1 Å². The van der Waals surface area contributed by atoms with Crippen molar-refractivity contribution < 1.29 is 4.79 Å². The summed E-state index contributed by atoms with van der Waals surface area (Å²) in [5.41, 5.74) is 13.0. The van der Waals surface area contributed by atoms with Crippen LogP contribution in [-0.4, -0.2) is 22.0 Å². The second kappa shape index (κ2) is 3.57. The third-order valence-corrected chi connectivity index (χ3v) is 1.39. The van der Waals surface area contributed by atoms with E-state index in [4.69, 9.17) is 11.5 Å². The number of nitrogen functional groups attached to an aromatic ring is 1. The van der Waals surface area contributed by atoms with Gasteiger partial charge in [0.05, 0.1) is 18.0 Å². The van der Waals surface area contributed by atoms with Crippen molar-refractivity contribution in [1.29, 1.82) is 0 Å². The zero-order valence-electron chi connectivity index (χ0n) is 7.06. The van der Waals surface area contributed by atoms with Crippen LogP contribution in [0.3, 0.4) is 0 Å². The third-order valence-electron chi connectivity index (χ3n) is 1.39. The van der Waals surface area contributed by atoms with Gasteiger partial charge in [0.15, 0.2) is 0 Å². The highest BCUT2D eigenvalue weighted by Crippen LogP contribution is 2.04. The van der Waals surface area contributed by atoms with Gasteiger partial charge in [0.2, 0.25) is 0 Å². The molecule has 0 saturated heterocycles. The van der Waals surface area contributed by atoms with Crippen molar-refractivity contribution in [2.24, 2.45) is 17.9 Å². The van der Waals surface area contributed by atoms with E-state index >= 15 is 0 Å². The van der Waals surface area contributed by atoms with Gasteiger partial charge in [-0.2, -0.15) is 10.2 Å². The van der Waals surface area contributed by atoms with Crippen LogP contribution in [0.15, 0.2) is 11.3 Å². The molecule has 0 aliphatic rings. The number of hydrogen-bond acceptors (Lipinski definition) is 4. The number of amides is 2. The molecular formula is C6H10N6O. The Morgan fingerprint density at radius 2 is 2.54 bits per heavy atom. The summed E-state index contributed by atoms with van der Waals surface area (Å²) in [6, 6.07) is -0.723. The molecule has 2 amide bonds. The number of nitrogens with zero attached hydrogens (tertiary/aromatic N) is 3. The zero-order chi connectivity index (χ0) is 9.84. The summed E-state index contributed by atoms with van der Waals surface area (Å²) in [5.74, 6) is 0.468. The number of rotatable bonds is 2. The molecule has 5 N–H and O–H groups in total. The number of nitrogens with one attached hydrogen (secondary N) is 1. The maximum atomic E-state index is 10.2. The number of primary amides is 1. The van der Waals surface area contributed by atoms with Crippen LogP contribution in [0, 0.1) is 0 Å². The molecule has 70 valence electrons. The maximum absolute atomic E-state index is 10.2. The lowest BCUT2D eigenvalue weighted by atomic mass is 10.4. The Balaban J connectivity index is 2.69. The van der Waals surface area contributed by atoms with Crippen molar-refractivity contribution in [1.82, 2.24) is 15.2 Å². The summed E-state index contributed by atoms with van der Waals surface area (Å²) in [6.45, 7) is 0. The number of nitrogens with two attached hydrogens (primary N) is 2. The molecule has 0 spiro atoms. The molecule has 1 aromatic heterocycles. The standard InChI is InChI=1S/C6H10N6O/c1-12-5(7)4(3-10-12)2-9-11-6(8)13/h2-3H,7H2,1H3,(H3,8,11,13)/b9-2+. The van der Waals surface area contributed by atoms with E-state index < -0.39 is 6.03 Å². The van der Waals surface area contributed by atoms with Crippen LogP contribution in [-0.2, 0) is 7.05 Å². The van der Waals surface area contributed by atoms with Crippen molar-refractivity contribution in [3.8, 4) is 0 Å². The number of aromatic nitrogens is 2. The molecule has 0 saturated carbocycles. The first-order valence-electron chi connectivity index (χ1n) is 3.47. The lowest BCUT2D eigenvalue weighted by molar-refractivity contribution is 0.249. The normalized spacial score (nSPS) is 10.5. The Morgan fingerprint density at radius 3 is 3.00 bits per heavy atom. The van der Waals surface area contributed by atoms with Crippen LogP contribution in [0.4, 0.5) is 10.6 Å². The smallest absolute Gasteiger partial charge is 0.332 e. The first kappa shape index (κ1) is 9.04. The summed E-state index contributed by atoms with van der Waals surface area (Å²) in [7, 11) is 1.70. The fraction of sp³-hybridized carbons (Fsp3) is 0.167. The predicted octanol–water partition coefficient (Wildman–Crippen LogP) is -0.995. The van der Waals surface area contributed by atoms with Crippen molar-refractivity contribution in [2.45, 2.75) is 0 Å². The van der Waals surface area contributed by atoms with Crippen LogP contribution < -0.4 is 16.9 Å². The lowest BCUT2D eigenvalue weighted by Gasteiger charge is -1.93. The second-order valence-corrected chi connectivity index (χ2v) is 2.34. The highest BCUT2D eigenvalue weighted by molar-refractivity contribution is 5.86. The van der Waals surface area contributed by atoms with E-state index in [9.17, 15) is 4.79 Å². The SMILES string of the molecule is Cn1ncc(/C=N/NC(N)=O)c1N. The Hall–Kier alpha value is -2.05. The molecule has 0 fully saturated rings. The van der Waals surface area contributed by atoms with E-state index in [-0.39, 0.29) is 0 Å². The van der Waals surface area contributed by atoms with E-state index in [0.29, 0.717) is 11.4 Å². The third kappa shape index (κ3) is 2.19. The first-order chi connectivity index (χ1) is 6.11. The lowest BCUT2D eigenvalue weighted by Crippen LogP contribution is -2.24. The highest BCUT2D eigenvalue weighted by atomic mass is 16.2. The minimum atomic E-state index is -0.723. The van der Waals surface area contributed by atoms with Crippen molar-refractivity contribution >= 4 is 18.1 Å². The van der Waals surface area contributed by atoms with Crippen LogP contribution in [0.2, 0.25) is 0 Å². The van der Waals surface area contributed by atoms with Crippen LogP contribution >= 0.6 is 0 Å². The number of aryl methyl sites for hydroxylation is 1. The fourth-order valence-electron chi connectivity index (χ4n) is 0.729. The van der Waals surface area contributed by atoms with E-state index in [2.05, 4.69) is 10.2 Å². The first-order valence-corrected chi connectivity index (χ1v) is 3.47. The predicted molar refractivity (Wildman–Crippen MR) is 47.9 cm³/mol. The van der Waals surface area contributed by atoms with E-state index in [0.717, 1.165) is 0 Å². The molecule has 1 rings (SSSR count). The van der Waals surface area contributed by atoms with Gasteiger partial charge in [-0.1, -0.05) is 0 Å². The van der Waals surface area contributed by atoms with Crippen LogP contribution in [0.5, 0.6) is 0 Å². The van der Waals surface area contributed by atoms with Crippen molar-refractivity contribution in [2.75, 3.05) is 5.73 Å². The Labute approximate surface area is 74.4 Å². The topological polar surface area (TPSA) is 111 Å². The Morgan fingerprint density at radius 1 is 1.85 bits per heavy atom. The second-order valence-electron chi connectivity index (χ2n) is 2.34. The number of carbonyl (C=O) groups is 1. The largest absolute Gasteiger partial charge is 0.383 e. The summed E-state index contributed by atoms with van der Waals surface area (Å²) >= 11 is 0. The molecule has 1 heterocycles. The van der Waals surface area contributed by atoms with Gasteiger partial charge < -0.3 is 11.5 Å². The molecular weight excluding hydrogens is 172 g/mol. The van der Waals surface area contributed by atoms with Gasteiger partial charge in [0, 0.05) is 7.05 Å². The molecule has 0 bridgehead atoms. The van der Waals surface area contributed by atoms with Gasteiger partial charge in [0.25, 0.3) is 0 Å². The molecule has 7 heteroatoms. The maximum Gasteiger partial charge on any atom is 0.332 e. The number of hydrazone groups is 1. The molecule has 0 radical (unpaired) electrons. The average Bonchev–Trinajstić information content (AvgIpc) is 2.35. The van der Waals surface area contributed by atoms with Crippen LogP contribution in [0.25, 0.3) is 0 Å². The fourth-order valence-corrected chi connectivity index (χ4v) is 0.729. The summed E-state index contributed by atoms with van der Waals surface area (Å²) in [6.07, 6.45) is 2.90. The Kier molecular flexibility index (Phi) is 2.48. The van der Waals surface area contributed by atoms with Gasteiger partial charge in [-0.3, -0.25) is 4.68 Å². The number of anilines is 1. The minimum Gasteiger partial charge on any atom is -0.383 e. The molecule has 0 aliphatic heterocycles. The number of carbonyl (C=O) groups excluding carboxylic acids is 1. The number of urea groups is 1. The molecule has 7 nitrogen and oxygen atoms in total. The monoisotopic (exact) mass is 182 g/mol. The molecule has 0 aromatic carbocycles. The molecule has 0 atom stereocenters. The van der Waals surface area contributed by atoms with Gasteiger partial charge in [0.1, 0.15) is 5.82 Å². The summed E-state index contributed by atoms with van der Waals surface area (Å²) < 4.78 is 1.49. The Bertz CT molecular complexity index is 341. The summed E-state index contributed by atoms with van der Waals surface area (Å²) in [4.78, 5) is 10.2. The van der Waals surface area contributed by atoms with Gasteiger partial charge in [-0.05, 0) is 0 Å². The van der Waals surface area contributed by atoms with Crippen LogP contribution in [0.1, 0.15) is 5.56 Å². The van der Waals surface area contributed by atoms with E-state index in [1.807, 2.05) is 5.43 Å². The molecule has 13 heavy (non-hydrogen) atoms. The van der Waals surface area contributed by atoms with Crippen molar-refractivity contribution in [3.05, 3.63) is 11.8 Å². The average molecular weight is 182 g/mol. The van der Waals surface area contributed by atoms with Gasteiger partial charge >= 0.3 is 6.03 Å². The molecule has 0 aliphatic carbocycles. The van der Waals surface area contributed by atoms with E-state index in [1.54, 1.807) is 7.05 Å². The zero-order valence-corrected chi connectivity index (χ0v) is 7.06. The molecule has 0 unspecified atom stereocenters. The highest BCUT2D eigenvalue weighted by Gasteiger charge is 2.00. The number of hydrogen-bond donors (Lipinski definition) is 3.